The molecule has 0 unspecified atom stereocenters. The summed E-state index contributed by atoms with van der Waals surface area (Å²) in [6, 6.07) is 10.1. The first kappa shape index (κ1) is 21.8. The summed E-state index contributed by atoms with van der Waals surface area (Å²) < 4.78 is 16.0. The fourth-order valence-electron chi connectivity index (χ4n) is 3.49. The lowest BCUT2D eigenvalue weighted by Gasteiger charge is -2.23. The van der Waals surface area contributed by atoms with Crippen molar-refractivity contribution in [3.8, 4) is 17.2 Å². The van der Waals surface area contributed by atoms with E-state index in [9.17, 15) is 9.59 Å². The average Bonchev–Trinajstić information content (AvgIpc) is 3.03. The Morgan fingerprint density at radius 1 is 0.767 bits per heavy atom. The lowest BCUT2D eigenvalue weighted by Crippen LogP contribution is -2.37. The molecule has 0 aliphatic carbocycles. The van der Waals surface area contributed by atoms with E-state index in [0.29, 0.717) is 66.0 Å². The highest BCUT2D eigenvalue weighted by atomic mass is 35.5. The van der Waals surface area contributed by atoms with E-state index in [2.05, 4.69) is 0 Å². The molecule has 0 saturated carbocycles. The Labute approximate surface area is 181 Å². The predicted octanol–water partition coefficient (Wildman–Crippen LogP) is 3.35. The minimum absolute atomic E-state index is 0.0613. The summed E-state index contributed by atoms with van der Waals surface area (Å²) in [4.78, 5) is 29.4. The molecule has 0 N–H and O–H groups in total. The van der Waals surface area contributed by atoms with Gasteiger partial charge in [0, 0.05) is 42.3 Å². The summed E-state index contributed by atoms with van der Waals surface area (Å²) in [7, 11) is 4.54. The van der Waals surface area contributed by atoms with E-state index >= 15 is 0 Å². The average molecular weight is 433 g/mol. The lowest BCUT2D eigenvalue weighted by molar-refractivity contribution is 0.0718. The first-order valence-corrected chi connectivity index (χ1v) is 10.0. The van der Waals surface area contributed by atoms with E-state index in [0.717, 1.165) is 0 Å². The number of amides is 2. The first-order valence-electron chi connectivity index (χ1n) is 9.62. The molecular formula is C22H25ClN2O5. The van der Waals surface area contributed by atoms with Crippen molar-refractivity contribution in [1.82, 2.24) is 9.80 Å². The van der Waals surface area contributed by atoms with Crippen molar-refractivity contribution < 1.29 is 23.8 Å². The van der Waals surface area contributed by atoms with Gasteiger partial charge in [0.1, 0.15) is 0 Å². The molecule has 0 radical (unpaired) electrons. The van der Waals surface area contributed by atoms with Crippen molar-refractivity contribution in [3.63, 3.8) is 0 Å². The van der Waals surface area contributed by atoms with Gasteiger partial charge in [-0.25, -0.2) is 0 Å². The van der Waals surface area contributed by atoms with Gasteiger partial charge in [0.25, 0.3) is 11.8 Å². The summed E-state index contributed by atoms with van der Waals surface area (Å²) in [5.41, 5.74) is 1.03. The van der Waals surface area contributed by atoms with E-state index in [4.69, 9.17) is 25.8 Å². The van der Waals surface area contributed by atoms with E-state index < -0.39 is 0 Å². The number of hydrogen-bond donors (Lipinski definition) is 0. The Morgan fingerprint density at radius 3 is 1.73 bits per heavy atom. The molecule has 2 aromatic carbocycles. The molecule has 2 amide bonds. The third kappa shape index (κ3) is 4.62. The zero-order chi connectivity index (χ0) is 21.7. The Balaban J connectivity index is 1.74. The number of halogens is 1. The number of carbonyl (C=O) groups excluding carboxylic acids is 2. The largest absolute Gasteiger partial charge is 0.493 e. The van der Waals surface area contributed by atoms with Gasteiger partial charge in [0.05, 0.1) is 21.3 Å². The molecule has 0 spiro atoms. The van der Waals surface area contributed by atoms with Crippen LogP contribution in [0.25, 0.3) is 0 Å². The molecule has 8 heteroatoms. The van der Waals surface area contributed by atoms with Crippen LogP contribution in [0.4, 0.5) is 0 Å². The van der Waals surface area contributed by atoms with Gasteiger partial charge in [0.2, 0.25) is 5.75 Å². The first-order chi connectivity index (χ1) is 14.5. The van der Waals surface area contributed by atoms with E-state index in [1.807, 2.05) is 0 Å². The number of benzene rings is 2. The van der Waals surface area contributed by atoms with Crippen LogP contribution in [0.2, 0.25) is 5.02 Å². The highest BCUT2D eigenvalue weighted by Crippen LogP contribution is 2.38. The van der Waals surface area contributed by atoms with Gasteiger partial charge in [-0.1, -0.05) is 11.6 Å². The van der Waals surface area contributed by atoms with Crippen LogP contribution >= 0.6 is 11.6 Å². The maximum absolute atomic E-state index is 13.1. The minimum atomic E-state index is -0.143. The van der Waals surface area contributed by atoms with Crippen LogP contribution in [-0.4, -0.2) is 69.1 Å². The third-order valence-corrected chi connectivity index (χ3v) is 5.33. The van der Waals surface area contributed by atoms with Crippen LogP contribution in [0.1, 0.15) is 27.1 Å². The van der Waals surface area contributed by atoms with Crippen LogP contribution < -0.4 is 14.2 Å². The highest BCUT2D eigenvalue weighted by molar-refractivity contribution is 6.30. The van der Waals surface area contributed by atoms with Crippen LogP contribution in [-0.2, 0) is 0 Å². The van der Waals surface area contributed by atoms with Gasteiger partial charge >= 0.3 is 0 Å². The lowest BCUT2D eigenvalue weighted by atomic mass is 10.1. The Morgan fingerprint density at radius 2 is 1.27 bits per heavy atom. The third-order valence-electron chi connectivity index (χ3n) is 5.07. The van der Waals surface area contributed by atoms with Crippen LogP contribution in [0.5, 0.6) is 17.2 Å². The van der Waals surface area contributed by atoms with Crippen molar-refractivity contribution in [1.29, 1.82) is 0 Å². The normalized spacial score (nSPS) is 14.1. The Bertz CT molecular complexity index is 891. The van der Waals surface area contributed by atoms with Crippen molar-refractivity contribution >= 4 is 23.4 Å². The molecule has 1 saturated heterocycles. The molecule has 160 valence electrons. The molecule has 1 aliphatic rings. The molecule has 7 nitrogen and oxygen atoms in total. The Kier molecular flexibility index (Phi) is 7.05. The Hall–Kier alpha value is -2.93. The number of carbonyl (C=O) groups is 2. The van der Waals surface area contributed by atoms with E-state index in [1.165, 1.54) is 21.3 Å². The summed E-state index contributed by atoms with van der Waals surface area (Å²) in [5.74, 6) is 1.08. The van der Waals surface area contributed by atoms with Crippen LogP contribution in [0, 0.1) is 0 Å². The fourth-order valence-corrected chi connectivity index (χ4v) is 3.61. The maximum atomic E-state index is 13.1. The second-order valence-electron chi connectivity index (χ2n) is 6.86. The number of methoxy groups -OCH3 is 3. The van der Waals surface area contributed by atoms with Gasteiger partial charge in [-0.3, -0.25) is 9.59 Å². The predicted molar refractivity (Wildman–Crippen MR) is 114 cm³/mol. The molecule has 0 bridgehead atoms. The SMILES string of the molecule is COc1cc(C(=O)N2CCCN(C(=O)c3ccc(Cl)cc3)CC2)cc(OC)c1OC. The van der Waals surface area contributed by atoms with Crippen LogP contribution in [0.3, 0.4) is 0 Å². The fraction of sp³-hybridized carbons (Fsp3) is 0.364. The second-order valence-corrected chi connectivity index (χ2v) is 7.30. The minimum Gasteiger partial charge on any atom is -0.493 e. The van der Waals surface area contributed by atoms with Crippen molar-refractivity contribution in [2.75, 3.05) is 47.5 Å². The van der Waals surface area contributed by atoms with Crippen molar-refractivity contribution in [2.24, 2.45) is 0 Å². The molecule has 30 heavy (non-hydrogen) atoms. The zero-order valence-electron chi connectivity index (χ0n) is 17.3. The molecule has 1 heterocycles. The zero-order valence-corrected chi connectivity index (χ0v) is 18.1. The van der Waals surface area contributed by atoms with Crippen molar-refractivity contribution in [2.45, 2.75) is 6.42 Å². The number of nitrogens with zero attached hydrogens (tertiary/aromatic N) is 2. The van der Waals surface area contributed by atoms with Crippen molar-refractivity contribution in [3.05, 3.63) is 52.5 Å². The summed E-state index contributed by atoms with van der Waals surface area (Å²) in [6.45, 7) is 2.03. The highest BCUT2D eigenvalue weighted by Gasteiger charge is 2.25. The molecule has 0 atom stereocenters. The molecular weight excluding hydrogens is 408 g/mol. The standard InChI is InChI=1S/C22H25ClN2O5/c1-28-18-13-16(14-19(29-2)20(18)30-3)22(27)25-10-4-9-24(11-12-25)21(26)15-5-7-17(23)8-6-15/h5-8,13-14H,4,9-12H2,1-3H3. The van der Waals surface area contributed by atoms with Gasteiger partial charge < -0.3 is 24.0 Å². The maximum Gasteiger partial charge on any atom is 0.254 e. The number of rotatable bonds is 5. The molecule has 1 aliphatic heterocycles. The van der Waals surface area contributed by atoms with Gasteiger partial charge in [0.15, 0.2) is 11.5 Å². The second kappa shape index (κ2) is 9.71. The van der Waals surface area contributed by atoms with Gasteiger partial charge in [-0.05, 0) is 42.8 Å². The number of hydrogen-bond acceptors (Lipinski definition) is 5. The molecule has 3 rings (SSSR count). The summed E-state index contributed by atoms with van der Waals surface area (Å²) in [6.07, 6.45) is 0.690. The smallest absolute Gasteiger partial charge is 0.254 e. The molecule has 1 fully saturated rings. The molecule has 2 aromatic rings. The molecule has 0 aromatic heterocycles. The summed E-state index contributed by atoms with van der Waals surface area (Å²) >= 11 is 5.91. The quantitative estimate of drug-likeness (QED) is 0.724. The van der Waals surface area contributed by atoms with Gasteiger partial charge in [-0.15, -0.1) is 0 Å². The topological polar surface area (TPSA) is 68.3 Å². The monoisotopic (exact) mass is 432 g/mol. The van der Waals surface area contributed by atoms with Gasteiger partial charge in [-0.2, -0.15) is 0 Å². The summed E-state index contributed by atoms with van der Waals surface area (Å²) in [5, 5.41) is 0.588. The number of ether oxygens (including phenoxy) is 3. The van der Waals surface area contributed by atoms with Crippen LogP contribution in [0.15, 0.2) is 36.4 Å². The van der Waals surface area contributed by atoms with E-state index in [1.54, 1.807) is 46.2 Å². The van der Waals surface area contributed by atoms with E-state index in [-0.39, 0.29) is 11.8 Å².